The Hall–Kier alpha value is -1.89. The summed E-state index contributed by atoms with van der Waals surface area (Å²) in [5, 5.41) is 0. The van der Waals surface area contributed by atoms with Gasteiger partial charge in [-0.15, -0.1) is 0 Å². The highest BCUT2D eigenvalue weighted by Gasteiger charge is 2.20. The summed E-state index contributed by atoms with van der Waals surface area (Å²) in [6, 6.07) is 12.4. The van der Waals surface area contributed by atoms with Gasteiger partial charge in [-0.05, 0) is 56.2 Å². The van der Waals surface area contributed by atoms with Gasteiger partial charge in [-0.2, -0.15) is 0 Å². The lowest BCUT2D eigenvalue weighted by Crippen LogP contribution is -2.10. The Kier molecular flexibility index (Phi) is 3.67. The summed E-state index contributed by atoms with van der Waals surface area (Å²) in [6.07, 6.45) is 3.93. The molecule has 2 aromatic rings. The van der Waals surface area contributed by atoms with Gasteiger partial charge in [-0.1, -0.05) is 48.4 Å². The van der Waals surface area contributed by atoms with Crippen LogP contribution in [0.3, 0.4) is 0 Å². The maximum absolute atomic E-state index is 12.8. The molecule has 1 saturated carbocycles. The van der Waals surface area contributed by atoms with Crippen LogP contribution in [-0.2, 0) is 0 Å². The zero-order valence-corrected chi connectivity index (χ0v) is 13.1. The van der Waals surface area contributed by atoms with E-state index >= 15 is 0 Å². The van der Waals surface area contributed by atoms with Crippen LogP contribution in [0.1, 0.15) is 63.4 Å². The van der Waals surface area contributed by atoms with Gasteiger partial charge in [0.25, 0.3) is 0 Å². The van der Waals surface area contributed by atoms with Crippen LogP contribution in [-0.4, -0.2) is 5.78 Å². The average molecular weight is 278 g/mol. The molecule has 1 aliphatic carbocycles. The Morgan fingerprint density at radius 3 is 2.00 bits per heavy atom. The quantitative estimate of drug-likeness (QED) is 0.713. The molecular weight excluding hydrogens is 256 g/mol. The van der Waals surface area contributed by atoms with Crippen LogP contribution in [0.5, 0.6) is 0 Å². The Morgan fingerprint density at radius 2 is 1.52 bits per heavy atom. The van der Waals surface area contributed by atoms with E-state index in [1.807, 2.05) is 26.0 Å². The van der Waals surface area contributed by atoms with Gasteiger partial charge in [0.15, 0.2) is 5.78 Å². The van der Waals surface area contributed by atoms with Crippen molar-refractivity contribution in [3.63, 3.8) is 0 Å². The number of benzene rings is 2. The fourth-order valence-corrected chi connectivity index (χ4v) is 3.33. The molecule has 1 fully saturated rings. The molecule has 1 aliphatic rings. The molecule has 0 unspecified atom stereocenters. The summed E-state index contributed by atoms with van der Waals surface area (Å²) in [6.45, 7) is 6.12. The predicted octanol–water partition coefficient (Wildman–Crippen LogP) is 5.11. The van der Waals surface area contributed by atoms with Crippen molar-refractivity contribution < 1.29 is 4.79 Å². The second-order valence-corrected chi connectivity index (χ2v) is 6.35. The predicted molar refractivity (Wildman–Crippen MR) is 87.1 cm³/mol. The van der Waals surface area contributed by atoms with Crippen molar-refractivity contribution in [1.29, 1.82) is 0 Å². The van der Waals surface area contributed by atoms with Crippen molar-refractivity contribution in [3.8, 4) is 0 Å². The molecule has 0 heterocycles. The largest absolute Gasteiger partial charge is 0.289 e. The van der Waals surface area contributed by atoms with E-state index in [4.69, 9.17) is 0 Å². The minimum Gasteiger partial charge on any atom is -0.289 e. The molecule has 0 amide bonds. The number of hydrogen-bond donors (Lipinski definition) is 0. The molecule has 0 aliphatic heterocycles. The van der Waals surface area contributed by atoms with Crippen molar-refractivity contribution >= 4 is 5.78 Å². The minimum atomic E-state index is 0.144. The lowest BCUT2D eigenvalue weighted by molar-refractivity contribution is 0.103. The summed E-state index contributed by atoms with van der Waals surface area (Å²) >= 11 is 0. The normalized spacial score (nSPS) is 14.8. The maximum Gasteiger partial charge on any atom is 0.193 e. The molecule has 1 nitrogen and oxygen atoms in total. The minimum absolute atomic E-state index is 0.144. The highest BCUT2D eigenvalue weighted by Crippen LogP contribution is 2.36. The molecular formula is C20H22O. The summed E-state index contributed by atoms with van der Waals surface area (Å²) < 4.78 is 0. The van der Waals surface area contributed by atoms with Gasteiger partial charge in [0, 0.05) is 11.1 Å². The van der Waals surface area contributed by atoms with Crippen LogP contribution in [0, 0.1) is 20.8 Å². The van der Waals surface area contributed by atoms with Crippen molar-refractivity contribution in [1.82, 2.24) is 0 Å². The molecule has 108 valence electrons. The van der Waals surface area contributed by atoms with E-state index in [1.54, 1.807) is 0 Å². The fourth-order valence-electron chi connectivity index (χ4n) is 3.33. The summed E-state index contributed by atoms with van der Waals surface area (Å²) in [4.78, 5) is 12.8. The van der Waals surface area contributed by atoms with Crippen LogP contribution < -0.4 is 0 Å². The second kappa shape index (κ2) is 5.48. The molecule has 21 heavy (non-hydrogen) atoms. The average Bonchev–Trinajstić information content (AvgIpc) is 2.36. The van der Waals surface area contributed by atoms with Crippen molar-refractivity contribution in [3.05, 3.63) is 69.8 Å². The molecule has 0 bridgehead atoms. The first-order valence-corrected chi connectivity index (χ1v) is 7.79. The van der Waals surface area contributed by atoms with Crippen LogP contribution in [0.15, 0.2) is 36.4 Å². The smallest absolute Gasteiger partial charge is 0.193 e. The standard InChI is InChI=1S/C20H22O/c1-13-11-14(2)19(15(3)12-13)20(21)18-9-7-17(8-10-18)16-5-4-6-16/h7-12,16H,4-6H2,1-3H3. The van der Waals surface area contributed by atoms with Gasteiger partial charge in [-0.3, -0.25) is 4.79 Å². The van der Waals surface area contributed by atoms with Gasteiger partial charge in [0.2, 0.25) is 0 Å². The second-order valence-electron chi connectivity index (χ2n) is 6.35. The van der Waals surface area contributed by atoms with Gasteiger partial charge >= 0.3 is 0 Å². The third-order valence-corrected chi connectivity index (χ3v) is 4.65. The van der Waals surface area contributed by atoms with E-state index < -0.39 is 0 Å². The monoisotopic (exact) mass is 278 g/mol. The fraction of sp³-hybridized carbons (Fsp3) is 0.350. The van der Waals surface area contributed by atoms with E-state index in [0.29, 0.717) is 0 Å². The SMILES string of the molecule is Cc1cc(C)c(C(=O)c2ccc(C3CCC3)cc2)c(C)c1. The molecule has 0 saturated heterocycles. The Bertz CT molecular complexity index is 652. The molecule has 2 aromatic carbocycles. The molecule has 0 spiro atoms. The molecule has 0 aromatic heterocycles. The summed E-state index contributed by atoms with van der Waals surface area (Å²) in [5.41, 5.74) is 6.39. The number of aryl methyl sites for hydroxylation is 3. The van der Waals surface area contributed by atoms with E-state index in [1.165, 1.54) is 30.4 Å². The molecule has 3 rings (SSSR count). The zero-order valence-electron chi connectivity index (χ0n) is 13.1. The van der Waals surface area contributed by atoms with Gasteiger partial charge in [0.05, 0.1) is 0 Å². The highest BCUT2D eigenvalue weighted by molar-refractivity contribution is 6.10. The van der Waals surface area contributed by atoms with E-state index in [-0.39, 0.29) is 5.78 Å². The Morgan fingerprint density at radius 1 is 0.952 bits per heavy atom. The van der Waals surface area contributed by atoms with E-state index in [0.717, 1.165) is 28.2 Å². The van der Waals surface area contributed by atoms with Crippen LogP contribution in [0.25, 0.3) is 0 Å². The number of carbonyl (C=O) groups is 1. The molecule has 0 atom stereocenters. The number of carbonyl (C=O) groups excluding carboxylic acids is 1. The van der Waals surface area contributed by atoms with Crippen molar-refractivity contribution in [2.75, 3.05) is 0 Å². The molecule has 0 radical (unpaired) electrons. The highest BCUT2D eigenvalue weighted by atomic mass is 16.1. The first-order valence-electron chi connectivity index (χ1n) is 7.79. The van der Waals surface area contributed by atoms with Crippen LogP contribution in [0.4, 0.5) is 0 Å². The number of ketones is 1. The van der Waals surface area contributed by atoms with E-state index in [2.05, 4.69) is 31.2 Å². The lowest BCUT2D eigenvalue weighted by Gasteiger charge is -2.25. The van der Waals surface area contributed by atoms with E-state index in [9.17, 15) is 4.79 Å². The maximum atomic E-state index is 12.8. The third-order valence-electron chi connectivity index (χ3n) is 4.65. The van der Waals surface area contributed by atoms with Crippen molar-refractivity contribution in [2.45, 2.75) is 46.0 Å². The van der Waals surface area contributed by atoms with Crippen LogP contribution >= 0.6 is 0 Å². The topological polar surface area (TPSA) is 17.1 Å². The van der Waals surface area contributed by atoms with Gasteiger partial charge < -0.3 is 0 Å². The lowest BCUT2D eigenvalue weighted by atomic mass is 9.79. The van der Waals surface area contributed by atoms with Crippen LogP contribution in [0.2, 0.25) is 0 Å². The third kappa shape index (κ3) is 2.65. The number of rotatable bonds is 3. The summed E-state index contributed by atoms with van der Waals surface area (Å²) in [5.74, 6) is 0.863. The first-order chi connectivity index (χ1) is 10.1. The summed E-state index contributed by atoms with van der Waals surface area (Å²) in [7, 11) is 0. The zero-order chi connectivity index (χ0) is 15.0. The molecule has 1 heteroatoms. The van der Waals surface area contributed by atoms with Gasteiger partial charge in [-0.25, -0.2) is 0 Å². The number of hydrogen-bond acceptors (Lipinski definition) is 1. The first kappa shape index (κ1) is 14.1. The van der Waals surface area contributed by atoms with Crippen molar-refractivity contribution in [2.24, 2.45) is 0 Å². The molecule has 0 N–H and O–H groups in total. The Labute approximate surface area is 127 Å². The Balaban J connectivity index is 1.91. The van der Waals surface area contributed by atoms with Gasteiger partial charge in [0.1, 0.15) is 0 Å².